The Labute approximate surface area is 125 Å². The van der Waals surface area contributed by atoms with E-state index in [4.69, 9.17) is 4.52 Å². The molecular weight excluding hydrogens is 285 g/mol. The number of anilines is 1. The Morgan fingerprint density at radius 3 is 2.86 bits per heavy atom. The number of hydrogen-bond acceptors (Lipinski definition) is 4. The van der Waals surface area contributed by atoms with Gasteiger partial charge in [0.25, 0.3) is 0 Å². The molecule has 1 N–H and O–H groups in total. The number of hydrogen-bond donors (Lipinski definition) is 1. The van der Waals surface area contributed by atoms with Crippen LogP contribution in [-0.2, 0) is 11.2 Å². The van der Waals surface area contributed by atoms with E-state index in [0.29, 0.717) is 22.7 Å². The van der Waals surface area contributed by atoms with Gasteiger partial charge in [0.2, 0.25) is 5.91 Å². The van der Waals surface area contributed by atoms with Gasteiger partial charge in [0.15, 0.2) is 5.76 Å². The summed E-state index contributed by atoms with van der Waals surface area (Å²) in [6.07, 6.45) is 3.20. The summed E-state index contributed by atoms with van der Waals surface area (Å²) in [5.41, 5.74) is 1.35. The standard InChI is InChI=1S/C16H12FN3O2/c17-14-6-2-1-5-13(14)15-8-12(20-22-15)9-16(21)19-11-4-3-7-18-10-11/h1-8,10H,9H2,(H,19,21). The van der Waals surface area contributed by atoms with E-state index in [1.807, 2.05) is 0 Å². The van der Waals surface area contributed by atoms with Gasteiger partial charge in [0.1, 0.15) is 5.82 Å². The van der Waals surface area contributed by atoms with Crippen molar-refractivity contribution in [2.45, 2.75) is 6.42 Å². The first kappa shape index (κ1) is 13.9. The molecule has 3 aromatic rings. The van der Waals surface area contributed by atoms with E-state index in [-0.39, 0.29) is 12.3 Å². The Kier molecular flexibility index (Phi) is 3.91. The molecule has 3 rings (SSSR count). The molecule has 0 fully saturated rings. The van der Waals surface area contributed by atoms with Gasteiger partial charge in [-0.1, -0.05) is 17.3 Å². The van der Waals surface area contributed by atoms with E-state index in [1.165, 1.54) is 6.07 Å². The van der Waals surface area contributed by atoms with E-state index >= 15 is 0 Å². The Bertz CT molecular complexity index is 787. The van der Waals surface area contributed by atoms with Crippen molar-refractivity contribution in [2.75, 3.05) is 5.32 Å². The predicted octanol–water partition coefficient (Wildman–Crippen LogP) is 3.06. The van der Waals surface area contributed by atoms with Crippen LogP contribution in [0.4, 0.5) is 10.1 Å². The van der Waals surface area contributed by atoms with E-state index in [1.54, 1.807) is 48.8 Å². The molecule has 1 amide bonds. The highest BCUT2D eigenvalue weighted by molar-refractivity contribution is 5.91. The molecule has 110 valence electrons. The van der Waals surface area contributed by atoms with Gasteiger partial charge in [-0.3, -0.25) is 9.78 Å². The Hall–Kier alpha value is -3.02. The zero-order chi connectivity index (χ0) is 15.4. The molecule has 0 unspecified atom stereocenters. The van der Waals surface area contributed by atoms with Crippen molar-refractivity contribution in [1.82, 2.24) is 10.1 Å². The number of amides is 1. The Morgan fingerprint density at radius 2 is 2.09 bits per heavy atom. The third kappa shape index (κ3) is 3.17. The summed E-state index contributed by atoms with van der Waals surface area (Å²) in [5.74, 6) is -0.353. The molecule has 0 bridgehead atoms. The molecule has 0 aliphatic rings. The van der Waals surface area contributed by atoms with Gasteiger partial charge in [0.05, 0.1) is 29.6 Å². The van der Waals surface area contributed by atoms with Crippen LogP contribution in [0.25, 0.3) is 11.3 Å². The Morgan fingerprint density at radius 1 is 1.23 bits per heavy atom. The summed E-state index contributed by atoms with van der Waals surface area (Å²) in [7, 11) is 0. The van der Waals surface area contributed by atoms with Crippen molar-refractivity contribution < 1.29 is 13.7 Å². The highest BCUT2D eigenvalue weighted by Crippen LogP contribution is 2.23. The molecular formula is C16H12FN3O2. The molecule has 0 saturated heterocycles. The third-order valence-electron chi connectivity index (χ3n) is 2.99. The summed E-state index contributed by atoms with van der Waals surface area (Å²) < 4.78 is 18.8. The van der Waals surface area contributed by atoms with E-state index in [9.17, 15) is 9.18 Å². The highest BCUT2D eigenvalue weighted by Gasteiger charge is 2.13. The number of carbonyl (C=O) groups is 1. The van der Waals surface area contributed by atoms with Crippen LogP contribution < -0.4 is 5.32 Å². The molecule has 0 aliphatic carbocycles. The van der Waals surface area contributed by atoms with Gasteiger partial charge in [-0.25, -0.2) is 4.39 Å². The van der Waals surface area contributed by atoms with Crippen LogP contribution in [-0.4, -0.2) is 16.0 Å². The number of nitrogens with zero attached hydrogens (tertiary/aromatic N) is 2. The molecule has 0 atom stereocenters. The van der Waals surface area contributed by atoms with Crippen molar-refractivity contribution in [2.24, 2.45) is 0 Å². The van der Waals surface area contributed by atoms with Crippen molar-refractivity contribution in [3.05, 3.63) is 66.4 Å². The van der Waals surface area contributed by atoms with Crippen molar-refractivity contribution in [3.63, 3.8) is 0 Å². The molecule has 0 radical (unpaired) electrons. The van der Waals surface area contributed by atoms with Crippen molar-refractivity contribution in [1.29, 1.82) is 0 Å². The Balaban J connectivity index is 1.70. The highest BCUT2D eigenvalue weighted by atomic mass is 19.1. The third-order valence-corrected chi connectivity index (χ3v) is 2.99. The van der Waals surface area contributed by atoms with Crippen LogP contribution in [0.2, 0.25) is 0 Å². The van der Waals surface area contributed by atoms with Gasteiger partial charge in [-0.05, 0) is 24.3 Å². The monoisotopic (exact) mass is 297 g/mol. The summed E-state index contributed by atoms with van der Waals surface area (Å²) >= 11 is 0. The van der Waals surface area contributed by atoms with Crippen LogP contribution in [0.15, 0.2) is 59.4 Å². The lowest BCUT2D eigenvalue weighted by Gasteiger charge is -2.01. The fourth-order valence-electron chi connectivity index (χ4n) is 1.99. The first-order valence-electron chi connectivity index (χ1n) is 6.63. The molecule has 2 aromatic heterocycles. The first-order chi connectivity index (χ1) is 10.7. The van der Waals surface area contributed by atoms with Crippen molar-refractivity contribution in [3.8, 4) is 11.3 Å². The predicted molar refractivity (Wildman–Crippen MR) is 78.5 cm³/mol. The number of nitrogens with one attached hydrogen (secondary N) is 1. The van der Waals surface area contributed by atoms with E-state index < -0.39 is 5.82 Å². The largest absolute Gasteiger partial charge is 0.356 e. The summed E-state index contributed by atoms with van der Waals surface area (Å²) in [4.78, 5) is 15.8. The van der Waals surface area contributed by atoms with E-state index in [2.05, 4.69) is 15.5 Å². The second-order valence-corrected chi connectivity index (χ2v) is 4.63. The number of pyridine rings is 1. The number of benzene rings is 1. The molecule has 1 aromatic carbocycles. The molecule has 0 saturated carbocycles. The minimum absolute atomic E-state index is 0.0346. The smallest absolute Gasteiger partial charge is 0.230 e. The fourth-order valence-corrected chi connectivity index (χ4v) is 1.99. The zero-order valence-corrected chi connectivity index (χ0v) is 11.5. The average Bonchev–Trinajstić information content (AvgIpc) is 2.97. The summed E-state index contributed by atoms with van der Waals surface area (Å²) in [6, 6.07) is 11.2. The second kappa shape index (κ2) is 6.17. The van der Waals surface area contributed by atoms with Crippen LogP contribution in [0.3, 0.4) is 0 Å². The molecule has 2 heterocycles. The molecule has 0 spiro atoms. The van der Waals surface area contributed by atoms with Crippen LogP contribution >= 0.6 is 0 Å². The molecule has 6 heteroatoms. The topological polar surface area (TPSA) is 68.0 Å². The molecule has 0 aliphatic heterocycles. The maximum atomic E-state index is 13.7. The summed E-state index contributed by atoms with van der Waals surface area (Å²) in [6.45, 7) is 0. The summed E-state index contributed by atoms with van der Waals surface area (Å²) in [5, 5.41) is 6.49. The lowest BCUT2D eigenvalue weighted by Crippen LogP contribution is -2.14. The number of carbonyl (C=O) groups excluding carboxylic acids is 1. The second-order valence-electron chi connectivity index (χ2n) is 4.63. The maximum absolute atomic E-state index is 13.7. The number of aromatic nitrogens is 2. The minimum atomic E-state index is -0.398. The minimum Gasteiger partial charge on any atom is -0.356 e. The quantitative estimate of drug-likeness (QED) is 0.803. The van der Waals surface area contributed by atoms with Gasteiger partial charge in [-0.2, -0.15) is 0 Å². The number of halogens is 1. The van der Waals surface area contributed by atoms with Gasteiger partial charge >= 0.3 is 0 Å². The van der Waals surface area contributed by atoms with Gasteiger partial charge < -0.3 is 9.84 Å². The lowest BCUT2D eigenvalue weighted by atomic mass is 10.1. The number of rotatable bonds is 4. The normalized spacial score (nSPS) is 10.4. The van der Waals surface area contributed by atoms with Gasteiger partial charge in [0, 0.05) is 12.3 Å². The molecule has 22 heavy (non-hydrogen) atoms. The first-order valence-corrected chi connectivity index (χ1v) is 6.63. The zero-order valence-electron chi connectivity index (χ0n) is 11.5. The van der Waals surface area contributed by atoms with Crippen LogP contribution in [0, 0.1) is 5.82 Å². The van der Waals surface area contributed by atoms with Crippen molar-refractivity contribution >= 4 is 11.6 Å². The van der Waals surface area contributed by atoms with E-state index in [0.717, 1.165) is 0 Å². The van der Waals surface area contributed by atoms with Crippen LogP contribution in [0.1, 0.15) is 5.69 Å². The fraction of sp³-hybridized carbons (Fsp3) is 0.0625. The average molecular weight is 297 g/mol. The maximum Gasteiger partial charge on any atom is 0.230 e. The van der Waals surface area contributed by atoms with Gasteiger partial charge in [-0.15, -0.1) is 0 Å². The molecule has 5 nitrogen and oxygen atoms in total. The van der Waals surface area contributed by atoms with Crippen LogP contribution in [0.5, 0.6) is 0 Å². The SMILES string of the molecule is O=C(Cc1cc(-c2ccccc2F)on1)Nc1cccnc1. The lowest BCUT2D eigenvalue weighted by molar-refractivity contribution is -0.115.